The van der Waals surface area contributed by atoms with Gasteiger partial charge in [-0.05, 0) is 54.7 Å². The fraction of sp³-hybridized carbons (Fsp3) is 0.550. The number of aryl methyl sites for hydroxylation is 2. The minimum Gasteiger partial charge on any atom is -0.455 e. The molecule has 2 aliphatic rings. The van der Waals surface area contributed by atoms with Gasteiger partial charge in [0.15, 0.2) is 16.4 Å². The lowest BCUT2D eigenvalue weighted by Crippen LogP contribution is -2.44. The van der Waals surface area contributed by atoms with E-state index in [-0.39, 0.29) is 30.3 Å². The normalized spacial score (nSPS) is 19.8. The maximum Gasteiger partial charge on any atom is 0.310 e. The molecule has 29 heavy (non-hydrogen) atoms. The summed E-state index contributed by atoms with van der Waals surface area (Å²) < 4.78 is 27.7. The third-order valence-electron chi connectivity index (χ3n) is 5.27. The third kappa shape index (κ3) is 6.56. The Morgan fingerprint density at radius 3 is 2.48 bits per heavy atom. The Morgan fingerprint density at radius 1 is 1.03 bits per heavy atom. The Bertz CT molecular complexity index is 896. The number of hydrogen-bond donors (Lipinski definition) is 2. The lowest BCUT2D eigenvalue weighted by Gasteiger charge is -2.16. The van der Waals surface area contributed by atoms with E-state index in [4.69, 9.17) is 4.74 Å². The summed E-state index contributed by atoms with van der Waals surface area (Å²) >= 11 is 0. The molecule has 1 aromatic rings. The summed E-state index contributed by atoms with van der Waals surface area (Å²) in [5.74, 6) is -1.78. The van der Waals surface area contributed by atoms with Crippen LogP contribution >= 0.6 is 0 Å². The fourth-order valence-corrected chi connectivity index (χ4v) is 5.64. The number of carbonyl (C=O) groups excluding carboxylic acids is 3. The average molecular weight is 423 g/mol. The zero-order valence-electron chi connectivity index (χ0n) is 16.2. The fourth-order valence-electron chi connectivity index (χ4n) is 3.78. The molecule has 0 unspecified atom stereocenters. The van der Waals surface area contributed by atoms with E-state index in [0.29, 0.717) is 6.42 Å². The van der Waals surface area contributed by atoms with Gasteiger partial charge in [0, 0.05) is 6.42 Å². The smallest absolute Gasteiger partial charge is 0.310 e. The summed E-state index contributed by atoms with van der Waals surface area (Å²) in [5, 5.41) is 0. The van der Waals surface area contributed by atoms with E-state index in [9.17, 15) is 22.8 Å². The standard InChI is InChI=1S/C20H26N2O6S/c23-18(10-15-7-8-29(26,27)13-15)21-22-19(24)12-28-20(25)11-14-5-6-16-3-1-2-4-17(16)9-14/h5-6,9,15H,1-4,7-8,10-13H2,(H,21,23)(H,22,24)/t15-/m0/s1. The number of hydrazine groups is 1. The first kappa shape index (κ1) is 21.3. The molecule has 0 spiro atoms. The van der Waals surface area contributed by atoms with Gasteiger partial charge in [0.2, 0.25) is 5.91 Å². The molecule has 9 heteroatoms. The highest BCUT2D eigenvalue weighted by Gasteiger charge is 2.29. The summed E-state index contributed by atoms with van der Waals surface area (Å²) in [7, 11) is -3.05. The third-order valence-corrected chi connectivity index (χ3v) is 7.10. The van der Waals surface area contributed by atoms with E-state index in [0.717, 1.165) is 24.8 Å². The molecule has 2 amide bonds. The quantitative estimate of drug-likeness (QED) is 0.513. The van der Waals surface area contributed by atoms with Crippen molar-refractivity contribution in [2.45, 2.75) is 44.9 Å². The van der Waals surface area contributed by atoms with Crippen LogP contribution in [-0.2, 0) is 48.2 Å². The molecule has 1 heterocycles. The second-order valence-corrected chi connectivity index (χ2v) is 9.95. The van der Waals surface area contributed by atoms with Crippen LogP contribution in [0.1, 0.15) is 42.4 Å². The van der Waals surface area contributed by atoms with Crippen molar-refractivity contribution in [3.63, 3.8) is 0 Å². The number of sulfone groups is 1. The Labute approximate surface area is 170 Å². The van der Waals surface area contributed by atoms with Crippen LogP contribution in [0, 0.1) is 5.92 Å². The predicted octanol–water partition coefficient (Wildman–Crippen LogP) is 0.623. The molecule has 0 bridgehead atoms. The Balaban J connectivity index is 1.34. The lowest BCUT2D eigenvalue weighted by molar-refractivity contribution is -0.148. The second kappa shape index (κ2) is 9.39. The molecule has 0 radical (unpaired) electrons. The van der Waals surface area contributed by atoms with Crippen molar-refractivity contribution in [3.05, 3.63) is 34.9 Å². The van der Waals surface area contributed by atoms with Gasteiger partial charge in [-0.3, -0.25) is 25.2 Å². The van der Waals surface area contributed by atoms with Gasteiger partial charge in [-0.1, -0.05) is 18.2 Å². The number of hydrogen-bond acceptors (Lipinski definition) is 6. The van der Waals surface area contributed by atoms with Crippen LogP contribution in [0.5, 0.6) is 0 Å². The van der Waals surface area contributed by atoms with Crippen molar-refractivity contribution in [1.29, 1.82) is 0 Å². The summed E-state index contributed by atoms with van der Waals surface area (Å²) in [6.45, 7) is -0.498. The number of amides is 2. The van der Waals surface area contributed by atoms with E-state index in [2.05, 4.69) is 16.9 Å². The number of benzene rings is 1. The van der Waals surface area contributed by atoms with E-state index >= 15 is 0 Å². The van der Waals surface area contributed by atoms with Gasteiger partial charge < -0.3 is 4.74 Å². The van der Waals surface area contributed by atoms with E-state index in [1.165, 1.54) is 17.5 Å². The SMILES string of the molecule is O=C(COC(=O)Cc1ccc2c(c1)CCCC2)NNC(=O)C[C@@H]1CCS(=O)(=O)C1. The molecule has 1 fully saturated rings. The molecule has 1 saturated heterocycles. The second-order valence-electron chi connectivity index (χ2n) is 7.72. The van der Waals surface area contributed by atoms with Gasteiger partial charge >= 0.3 is 5.97 Å². The monoisotopic (exact) mass is 422 g/mol. The Kier molecular flexibility index (Phi) is 6.89. The molecule has 1 aliphatic heterocycles. The van der Waals surface area contributed by atoms with Crippen LogP contribution in [-0.4, -0.2) is 44.3 Å². The maximum atomic E-state index is 12.0. The van der Waals surface area contributed by atoms with Crippen LogP contribution in [0.3, 0.4) is 0 Å². The van der Waals surface area contributed by atoms with Crippen molar-refractivity contribution in [3.8, 4) is 0 Å². The summed E-state index contributed by atoms with van der Waals surface area (Å²) in [6, 6.07) is 5.99. The van der Waals surface area contributed by atoms with Crippen LogP contribution in [0.4, 0.5) is 0 Å². The summed E-state index contributed by atoms with van der Waals surface area (Å²) in [5.41, 5.74) is 7.86. The number of ether oxygens (including phenoxy) is 1. The molecule has 158 valence electrons. The predicted molar refractivity (Wildman–Crippen MR) is 105 cm³/mol. The minimum absolute atomic E-state index is 0.00528. The number of carbonyl (C=O) groups is 3. The zero-order chi connectivity index (χ0) is 20.9. The Hall–Kier alpha value is -2.42. The van der Waals surface area contributed by atoms with Crippen LogP contribution < -0.4 is 10.9 Å². The zero-order valence-corrected chi connectivity index (χ0v) is 17.1. The largest absolute Gasteiger partial charge is 0.455 e. The lowest BCUT2D eigenvalue weighted by atomic mass is 9.90. The van der Waals surface area contributed by atoms with E-state index in [1.807, 2.05) is 12.1 Å². The molecule has 0 aromatic heterocycles. The van der Waals surface area contributed by atoms with Gasteiger partial charge in [-0.25, -0.2) is 8.42 Å². The first-order valence-corrected chi connectivity index (χ1v) is 11.7. The van der Waals surface area contributed by atoms with Gasteiger partial charge in [-0.2, -0.15) is 0 Å². The van der Waals surface area contributed by atoms with Crippen molar-refractivity contribution >= 4 is 27.6 Å². The first-order valence-electron chi connectivity index (χ1n) is 9.85. The highest BCUT2D eigenvalue weighted by molar-refractivity contribution is 7.91. The highest BCUT2D eigenvalue weighted by atomic mass is 32.2. The Morgan fingerprint density at radius 2 is 1.76 bits per heavy atom. The van der Waals surface area contributed by atoms with Crippen molar-refractivity contribution in [2.24, 2.45) is 5.92 Å². The van der Waals surface area contributed by atoms with E-state index < -0.39 is 34.2 Å². The molecule has 8 nitrogen and oxygen atoms in total. The van der Waals surface area contributed by atoms with Crippen LogP contribution in [0.15, 0.2) is 18.2 Å². The minimum atomic E-state index is -3.05. The van der Waals surface area contributed by atoms with Crippen LogP contribution in [0.25, 0.3) is 0 Å². The molecule has 1 aromatic carbocycles. The van der Waals surface area contributed by atoms with Gasteiger partial charge in [0.1, 0.15) is 0 Å². The highest BCUT2D eigenvalue weighted by Crippen LogP contribution is 2.23. The van der Waals surface area contributed by atoms with Crippen molar-refractivity contribution < 1.29 is 27.5 Å². The first-order chi connectivity index (χ1) is 13.8. The molecule has 3 rings (SSSR count). The van der Waals surface area contributed by atoms with Crippen LogP contribution in [0.2, 0.25) is 0 Å². The number of fused-ring (bicyclic) bond motifs is 1. The number of nitrogens with one attached hydrogen (secondary N) is 2. The van der Waals surface area contributed by atoms with Gasteiger partial charge in [0.25, 0.3) is 5.91 Å². The topological polar surface area (TPSA) is 119 Å². The van der Waals surface area contributed by atoms with E-state index in [1.54, 1.807) is 0 Å². The van der Waals surface area contributed by atoms with Crippen molar-refractivity contribution in [2.75, 3.05) is 18.1 Å². The molecular weight excluding hydrogens is 396 g/mol. The molecule has 1 aliphatic carbocycles. The molecule has 0 saturated carbocycles. The van der Waals surface area contributed by atoms with Crippen molar-refractivity contribution in [1.82, 2.24) is 10.9 Å². The molecule has 1 atom stereocenters. The molecular formula is C20H26N2O6S. The maximum absolute atomic E-state index is 12.0. The van der Waals surface area contributed by atoms with Gasteiger partial charge in [0.05, 0.1) is 17.9 Å². The number of esters is 1. The average Bonchev–Trinajstić information content (AvgIpc) is 3.02. The number of rotatable bonds is 6. The summed E-state index contributed by atoms with van der Waals surface area (Å²) in [6.07, 6.45) is 5.00. The molecule has 2 N–H and O–H groups in total. The van der Waals surface area contributed by atoms with Gasteiger partial charge in [-0.15, -0.1) is 0 Å². The summed E-state index contributed by atoms with van der Waals surface area (Å²) in [4.78, 5) is 35.5.